The first kappa shape index (κ1) is 18.2. The van der Waals surface area contributed by atoms with Crippen molar-refractivity contribution >= 4 is 27.5 Å². The van der Waals surface area contributed by atoms with Gasteiger partial charge >= 0.3 is 0 Å². The molecule has 1 aliphatic carbocycles. The third-order valence-electron chi connectivity index (χ3n) is 4.84. The molecule has 0 spiro atoms. The van der Waals surface area contributed by atoms with Crippen LogP contribution in [0.15, 0.2) is 40.9 Å². The lowest BCUT2D eigenvalue weighted by atomic mass is 9.83. The largest absolute Gasteiger partial charge is 0.322 e. The lowest BCUT2D eigenvalue weighted by Gasteiger charge is -2.27. The molecule has 1 unspecified atom stereocenters. The summed E-state index contributed by atoms with van der Waals surface area (Å²) in [5.74, 6) is 0.672. The molecule has 132 valence electrons. The van der Waals surface area contributed by atoms with E-state index in [0.717, 1.165) is 41.0 Å². The van der Waals surface area contributed by atoms with Crippen LogP contribution in [0.1, 0.15) is 33.5 Å². The van der Waals surface area contributed by atoms with Gasteiger partial charge in [0.15, 0.2) is 0 Å². The zero-order valence-corrected chi connectivity index (χ0v) is 16.7. The monoisotopic (exact) mass is 400 g/mol. The maximum absolute atomic E-state index is 12.5. The van der Waals surface area contributed by atoms with Crippen molar-refractivity contribution in [3.63, 3.8) is 0 Å². The minimum Gasteiger partial charge on any atom is -0.322 e. The Morgan fingerprint density at radius 1 is 1.20 bits per heavy atom. The molecule has 3 nitrogen and oxygen atoms in total. The van der Waals surface area contributed by atoms with Crippen LogP contribution in [-0.4, -0.2) is 31.4 Å². The number of fused-ring (bicyclic) bond motifs is 1. The first-order chi connectivity index (χ1) is 11.9. The molecule has 1 aliphatic rings. The smallest absolute Gasteiger partial charge is 0.255 e. The third-order valence-corrected chi connectivity index (χ3v) is 5.73. The van der Waals surface area contributed by atoms with Gasteiger partial charge in [0, 0.05) is 22.3 Å². The Hall–Kier alpha value is -1.65. The van der Waals surface area contributed by atoms with Crippen LogP contribution < -0.4 is 5.32 Å². The number of halogens is 1. The van der Waals surface area contributed by atoms with Gasteiger partial charge in [0.05, 0.1) is 0 Å². The van der Waals surface area contributed by atoms with Crippen molar-refractivity contribution in [3.05, 3.63) is 63.1 Å². The predicted molar refractivity (Wildman–Crippen MR) is 107 cm³/mol. The molecule has 2 aromatic rings. The molecule has 1 atom stereocenters. The van der Waals surface area contributed by atoms with Gasteiger partial charge in [0.25, 0.3) is 5.91 Å². The predicted octanol–water partition coefficient (Wildman–Crippen LogP) is 4.68. The van der Waals surface area contributed by atoms with Crippen LogP contribution in [0.2, 0.25) is 0 Å². The van der Waals surface area contributed by atoms with Gasteiger partial charge in [-0.15, -0.1) is 0 Å². The summed E-state index contributed by atoms with van der Waals surface area (Å²) in [5, 5.41) is 3.04. The van der Waals surface area contributed by atoms with Crippen molar-refractivity contribution in [1.82, 2.24) is 4.90 Å². The molecule has 3 rings (SSSR count). The van der Waals surface area contributed by atoms with Crippen LogP contribution in [0.3, 0.4) is 0 Å². The van der Waals surface area contributed by atoms with E-state index in [2.05, 4.69) is 52.4 Å². The Balaban J connectivity index is 1.70. The molecule has 4 heteroatoms. The zero-order chi connectivity index (χ0) is 18.0. The maximum atomic E-state index is 12.5. The van der Waals surface area contributed by atoms with E-state index in [-0.39, 0.29) is 5.91 Å². The van der Waals surface area contributed by atoms with E-state index >= 15 is 0 Å². The van der Waals surface area contributed by atoms with Crippen LogP contribution in [0.25, 0.3) is 0 Å². The summed E-state index contributed by atoms with van der Waals surface area (Å²) in [6.45, 7) is 3.13. The summed E-state index contributed by atoms with van der Waals surface area (Å²) in [5.41, 5.74) is 5.43. The topological polar surface area (TPSA) is 32.3 Å². The number of carbonyl (C=O) groups excluding carboxylic acids is 1. The average Bonchev–Trinajstić information content (AvgIpc) is 2.57. The molecule has 0 heterocycles. The van der Waals surface area contributed by atoms with Gasteiger partial charge in [-0.25, -0.2) is 0 Å². The second kappa shape index (κ2) is 7.71. The number of anilines is 1. The Morgan fingerprint density at radius 2 is 2.00 bits per heavy atom. The van der Waals surface area contributed by atoms with Crippen LogP contribution in [0.4, 0.5) is 5.69 Å². The molecular weight excluding hydrogens is 376 g/mol. The fraction of sp³-hybridized carbons (Fsp3) is 0.381. The molecular formula is C21H25BrN2O. The van der Waals surface area contributed by atoms with Gasteiger partial charge in [-0.3, -0.25) is 4.79 Å². The first-order valence-electron chi connectivity index (χ1n) is 8.76. The Kier molecular flexibility index (Phi) is 5.60. The van der Waals surface area contributed by atoms with E-state index in [1.165, 1.54) is 17.5 Å². The molecule has 0 fully saturated rings. The van der Waals surface area contributed by atoms with E-state index in [4.69, 9.17) is 0 Å². The number of nitrogens with zero attached hydrogens (tertiary/aromatic N) is 1. The average molecular weight is 401 g/mol. The highest BCUT2D eigenvalue weighted by Gasteiger charge is 2.19. The molecule has 0 radical (unpaired) electrons. The van der Waals surface area contributed by atoms with E-state index in [0.29, 0.717) is 5.56 Å². The normalized spacial score (nSPS) is 16.6. The number of benzene rings is 2. The lowest BCUT2D eigenvalue weighted by molar-refractivity contribution is 0.102. The fourth-order valence-corrected chi connectivity index (χ4v) is 3.82. The summed E-state index contributed by atoms with van der Waals surface area (Å²) in [6.07, 6.45) is 3.44. The molecule has 0 aromatic heterocycles. The molecule has 0 aliphatic heterocycles. The van der Waals surface area contributed by atoms with Gasteiger partial charge in [-0.2, -0.15) is 0 Å². The number of rotatable bonds is 4. The number of hydrogen-bond donors (Lipinski definition) is 1. The SMILES string of the molecule is Cc1cc(C(=O)Nc2ccc3c(c2)CCC(CN(C)C)C3)ccc1Br. The Bertz CT molecular complexity index is 785. The quantitative estimate of drug-likeness (QED) is 0.807. The standard InChI is InChI=1S/C21H25BrN2O/c1-14-10-18(7-9-20(14)22)21(25)23-19-8-6-16-11-15(13-24(2)3)4-5-17(16)12-19/h6-10,12,15H,4-5,11,13H2,1-3H3,(H,23,25). The van der Waals surface area contributed by atoms with E-state index in [1.807, 2.05) is 31.2 Å². The summed E-state index contributed by atoms with van der Waals surface area (Å²) < 4.78 is 1.02. The second-order valence-electron chi connectivity index (χ2n) is 7.27. The van der Waals surface area contributed by atoms with E-state index < -0.39 is 0 Å². The van der Waals surface area contributed by atoms with Crippen molar-refractivity contribution in [3.8, 4) is 0 Å². The Morgan fingerprint density at radius 3 is 2.72 bits per heavy atom. The highest BCUT2D eigenvalue weighted by atomic mass is 79.9. The van der Waals surface area contributed by atoms with Crippen LogP contribution in [-0.2, 0) is 12.8 Å². The summed E-state index contributed by atoms with van der Waals surface area (Å²) in [6, 6.07) is 12.0. The van der Waals surface area contributed by atoms with Crippen molar-refractivity contribution in [2.45, 2.75) is 26.2 Å². The van der Waals surface area contributed by atoms with Gasteiger partial charge in [-0.05, 0) is 93.2 Å². The molecule has 1 N–H and O–H groups in total. The highest BCUT2D eigenvalue weighted by molar-refractivity contribution is 9.10. The van der Waals surface area contributed by atoms with E-state index in [1.54, 1.807) is 0 Å². The van der Waals surface area contributed by atoms with Crippen molar-refractivity contribution < 1.29 is 4.79 Å². The maximum Gasteiger partial charge on any atom is 0.255 e. The molecule has 0 bridgehead atoms. The van der Waals surface area contributed by atoms with Crippen LogP contribution in [0, 0.1) is 12.8 Å². The van der Waals surface area contributed by atoms with Gasteiger partial charge in [-0.1, -0.05) is 22.0 Å². The number of nitrogens with one attached hydrogen (secondary N) is 1. The molecule has 2 aromatic carbocycles. The van der Waals surface area contributed by atoms with Crippen LogP contribution >= 0.6 is 15.9 Å². The number of amides is 1. The molecule has 25 heavy (non-hydrogen) atoms. The molecule has 0 saturated heterocycles. The first-order valence-corrected chi connectivity index (χ1v) is 9.55. The van der Waals surface area contributed by atoms with Gasteiger partial charge in [0.2, 0.25) is 0 Å². The minimum atomic E-state index is -0.0585. The molecule has 1 amide bonds. The van der Waals surface area contributed by atoms with Crippen molar-refractivity contribution in [1.29, 1.82) is 0 Å². The zero-order valence-electron chi connectivity index (χ0n) is 15.1. The van der Waals surface area contributed by atoms with Crippen molar-refractivity contribution in [2.75, 3.05) is 26.0 Å². The lowest BCUT2D eigenvalue weighted by Crippen LogP contribution is -2.26. The second-order valence-corrected chi connectivity index (χ2v) is 8.13. The summed E-state index contributed by atoms with van der Waals surface area (Å²) >= 11 is 3.47. The van der Waals surface area contributed by atoms with Crippen LogP contribution in [0.5, 0.6) is 0 Å². The molecule has 0 saturated carbocycles. The summed E-state index contributed by atoms with van der Waals surface area (Å²) in [4.78, 5) is 14.8. The fourth-order valence-electron chi connectivity index (χ4n) is 3.57. The minimum absolute atomic E-state index is 0.0585. The highest BCUT2D eigenvalue weighted by Crippen LogP contribution is 2.28. The third kappa shape index (κ3) is 4.50. The number of hydrogen-bond acceptors (Lipinski definition) is 2. The summed E-state index contributed by atoms with van der Waals surface area (Å²) in [7, 11) is 4.27. The Labute approximate surface area is 158 Å². The van der Waals surface area contributed by atoms with Gasteiger partial charge in [0.1, 0.15) is 0 Å². The number of carbonyl (C=O) groups is 1. The van der Waals surface area contributed by atoms with E-state index in [9.17, 15) is 4.79 Å². The number of aryl methyl sites for hydroxylation is 2. The van der Waals surface area contributed by atoms with Gasteiger partial charge < -0.3 is 10.2 Å². The van der Waals surface area contributed by atoms with Crippen molar-refractivity contribution in [2.24, 2.45) is 5.92 Å².